The van der Waals surface area contributed by atoms with Gasteiger partial charge in [0, 0.05) is 19.6 Å². The number of nitrogens with zero attached hydrogens (tertiary/aromatic N) is 3. The lowest BCUT2D eigenvalue weighted by Gasteiger charge is -2.25. The maximum Gasteiger partial charge on any atom is 0.124 e. The van der Waals surface area contributed by atoms with Gasteiger partial charge in [-0.1, -0.05) is 50.3 Å². The molecular weight excluding hydrogens is 270 g/mol. The molecule has 0 bridgehead atoms. The van der Waals surface area contributed by atoms with E-state index >= 15 is 0 Å². The van der Waals surface area contributed by atoms with Crippen molar-refractivity contribution in [2.45, 2.75) is 26.4 Å². The molecule has 0 saturated heterocycles. The molecule has 0 fully saturated rings. The second-order valence-electron chi connectivity index (χ2n) is 5.27. The molecule has 0 aliphatic heterocycles. The van der Waals surface area contributed by atoms with Gasteiger partial charge in [-0.25, -0.2) is 0 Å². The fraction of sp³-hybridized carbons (Fsp3) is 0.421. The first-order valence-corrected chi connectivity index (χ1v) is 7.86. The Morgan fingerprint density at radius 1 is 1.09 bits per heavy atom. The molecule has 0 aliphatic carbocycles. The zero-order valence-electron chi connectivity index (χ0n) is 13.8. The van der Waals surface area contributed by atoms with Crippen molar-refractivity contribution >= 4 is 0 Å². The molecule has 1 rings (SSSR count). The van der Waals surface area contributed by atoms with Gasteiger partial charge in [-0.2, -0.15) is 5.26 Å². The molecule has 0 amide bonds. The van der Waals surface area contributed by atoms with Crippen LogP contribution in [-0.4, -0.2) is 36.0 Å². The monoisotopic (exact) mass is 297 g/mol. The SMILES string of the molecule is C=CCN(CC=C)C(C#N)c1ccc(CN(CC)CC)cc1. The van der Waals surface area contributed by atoms with E-state index < -0.39 is 0 Å². The van der Waals surface area contributed by atoms with Crippen LogP contribution in [0.1, 0.15) is 31.0 Å². The summed E-state index contributed by atoms with van der Waals surface area (Å²) < 4.78 is 0. The van der Waals surface area contributed by atoms with E-state index in [-0.39, 0.29) is 6.04 Å². The highest BCUT2D eigenvalue weighted by molar-refractivity contribution is 5.28. The van der Waals surface area contributed by atoms with Crippen LogP contribution in [0.3, 0.4) is 0 Å². The Morgan fingerprint density at radius 2 is 1.64 bits per heavy atom. The van der Waals surface area contributed by atoms with E-state index in [9.17, 15) is 5.26 Å². The minimum absolute atomic E-state index is 0.265. The fourth-order valence-corrected chi connectivity index (χ4v) is 2.49. The minimum Gasteiger partial charge on any atom is -0.300 e. The maximum absolute atomic E-state index is 9.53. The van der Waals surface area contributed by atoms with Crippen LogP contribution < -0.4 is 0 Å². The lowest BCUT2D eigenvalue weighted by Crippen LogP contribution is -2.28. The maximum atomic E-state index is 9.53. The molecule has 0 heterocycles. The van der Waals surface area contributed by atoms with Crippen LogP contribution in [0, 0.1) is 11.3 Å². The van der Waals surface area contributed by atoms with Gasteiger partial charge in [0.05, 0.1) is 6.07 Å². The number of hydrogen-bond donors (Lipinski definition) is 0. The average Bonchev–Trinajstić information content (AvgIpc) is 2.55. The first-order chi connectivity index (χ1) is 10.7. The van der Waals surface area contributed by atoms with Crippen molar-refractivity contribution in [1.29, 1.82) is 5.26 Å². The molecule has 0 N–H and O–H groups in total. The van der Waals surface area contributed by atoms with Gasteiger partial charge in [0.2, 0.25) is 0 Å². The Hall–Kier alpha value is -1.89. The second-order valence-corrected chi connectivity index (χ2v) is 5.27. The normalized spacial score (nSPS) is 12.1. The summed E-state index contributed by atoms with van der Waals surface area (Å²) in [5.74, 6) is 0. The van der Waals surface area contributed by atoms with Crippen molar-refractivity contribution in [3.8, 4) is 6.07 Å². The largest absolute Gasteiger partial charge is 0.300 e. The van der Waals surface area contributed by atoms with E-state index in [1.807, 2.05) is 12.2 Å². The molecule has 118 valence electrons. The van der Waals surface area contributed by atoms with Crippen LogP contribution in [0.4, 0.5) is 0 Å². The summed E-state index contributed by atoms with van der Waals surface area (Å²) in [6.07, 6.45) is 3.64. The Bertz CT molecular complexity index is 484. The van der Waals surface area contributed by atoms with Crippen molar-refractivity contribution in [1.82, 2.24) is 9.80 Å². The van der Waals surface area contributed by atoms with Crippen LogP contribution in [0.15, 0.2) is 49.6 Å². The third-order valence-electron chi connectivity index (χ3n) is 3.81. The lowest BCUT2D eigenvalue weighted by molar-refractivity contribution is 0.290. The number of nitriles is 1. The molecule has 1 aromatic carbocycles. The summed E-state index contributed by atoms with van der Waals surface area (Å²) in [5, 5.41) is 9.53. The zero-order valence-corrected chi connectivity index (χ0v) is 13.8. The first kappa shape index (κ1) is 18.2. The zero-order chi connectivity index (χ0) is 16.4. The molecule has 1 atom stereocenters. The van der Waals surface area contributed by atoms with Crippen LogP contribution >= 0.6 is 0 Å². The Kier molecular flexibility index (Phi) is 8.21. The predicted molar refractivity (Wildman–Crippen MR) is 93.4 cm³/mol. The van der Waals surface area contributed by atoms with Crippen molar-refractivity contribution in [2.24, 2.45) is 0 Å². The summed E-state index contributed by atoms with van der Waals surface area (Å²) in [6, 6.07) is 10.5. The summed E-state index contributed by atoms with van der Waals surface area (Å²) in [7, 11) is 0. The Morgan fingerprint density at radius 3 is 2.05 bits per heavy atom. The minimum atomic E-state index is -0.265. The molecule has 3 nitrogen and oxygen atoms in total. The van der Waals surface area contributed by atoms with Crippen LogP contribution in [-0.2, 0) is 6.54 Å². The smallest absolute Gasteiger partial charge is 0.124 e. The first-order valence-electron chi connectivity index (χ1n) is 7.86. The molecular formula is C19H27N3. The van der Waals surface area contributed by atoms with Crippen LogP contribution in [0.5, 0.6) is 0 Å². The standard InChI is InChI=1S/C19H27N3/c1-5-13-22(14-6-2)19(15-20)18-11-9-17(10-12-18)16-21(7-3)8-4/h5-6,9-12,19H,1-2,7-8,13-14,16H2,3-4H3. The number of benzene rings is 1. The van der Waals surface area contributed by atoms with Gasteiger partial charge in [0.25, 0.3) is 0 Å². The van der Waals surface area contributed by atoms with Crippen LogP contribution in [0.25, 0.3) is 0 Å². The van der Waals surface area contributed by atoms with E-state index in [0.717, 1.165) is 25.2 Å². The highest BCUT2D eigenvalue weighted by Gasteiger charge is 2.17. The third-order valence-corrected chi connectivity index (χ3v) is 3.81. The summed E-state index contributed by atoms with van der Waals surface area (Å²) in [4.78, 5) is 4.43. The molecule has 0 saturated carbocycles. The molecule has 0 aromatic heterocycles. The topological polar surface area (TPSA) is 30.3 Å². The molecule has 0 aliphatic rings. The van der Waals surface area contributed by atoms with E-state index in [0.29, 0.717) is 13.1 Å². The van der Waals surface area contributed by atoms with Crippen molar-refractivity contribution < 1.29 is 0 Å². The summed E-state index contributed by atoms with van der Waals surface area (Å²) >= 11 is 0. The average molecular weight is 297 g/mol. The van der Waals surface area contributed by atoms with Gasteiger partial charge in [-0.15, -0.1) is 13.2 Å². The van der Waals surface area contributed by atoms with Gasteiger partial charge in [-0.05, 0) is 24.2 Å². The van der Waals surface area contributed by atoms with Crippen LogP contribution in [0.2, 0.25) is 0 Å². The molecule has 0 spiro atoms. The Labute approximate surface area is 135 Å². The van der Waals surface area contributed by atoms with E-state index in [1.54, 1.807) is 0 Å². The van der Waals surface area contributed by atoms with Gasteiger partial charge in [0.1, 0.15) is 6.04 Å². The predicted octanol–water partition coefficient (Wildman–Crippen LogP) is 3.77. The quantitative estimate of drug-likeness (QED) is 0.616. The van der Waals surface area contributed by atoms with E-state index in [4.69, 9.17) is 0 Å². The van der Waals surface area contributed by atoms with E-state index in [2.05, 4.69) is 67.1 Å². The van der Waals surface area contributed by atoms with Gasteiger partial charge >= 0.3 is 0 Å². The Balaban J connectivity index is 2.88. The second kappa shape index (κ2) is 9.94. The van der Waals surface area contributed by atoms with Gasteiger partial charge in [-0.3, -0.25) is 9.80 Å². The summed E-state index contributed by atoms with van der Waals surface area (Å²) in [5.41, 5.74) is 2.30. The van der Waals surface area contributed by atoms with Crippen molar-refractivity contribution in [2.75, 3.05) is 26.2 Å². The highest BCUT2D eigenvalue weighted by Crippen LogP contribution is 2.21. The highest BCUT2D eigenvalue weighted by atomic mass is 15.1. The molecule has 0 radical (unpaired) electrons. The van der Waals surface area contributed by atoms with Gasteiger partial charge in [0.15, 0.2) is 0 Å². The van der Waals surface area contributed by atoms with Crippen molar-refractivity contribution in [3.63, 3.8) is 0 Å². The fourth-order valence-electron chi connectivity index (χ4n) is 2.49. The molecule has 22 heavy (non-hydrogen) atoms. The number of hydrogen-bond acceptors (Lipinski definition) is 3. The molecule has 3 heteroatoms. The summed E-state index contributed by atoms with van der Waals surface area (Å²) in [6.45, 7) is 16.3. The third kappa shape index (κ3) is 5.14. The van der Waals surface area contributed by atoms with Gasteiger partial charge < -0.3 is 0 Å². The molecule has 1 aromatic rings. The lowest BCUT2D eigenvalue weighted by atomic mass is 10.0. The van der Waals surface area contributed by atoms with E-state index in [1.165, 1.54) is 5.56 Å². The molecule has 1 unspecified atom stereocenters. The van der Waals surface area contributed by atoms with Crippen molar-refractivity contribution in [3.05, 3.63) is 60.7 Å². The number of rotatable bonds is 10.